The Morgan fingerprint density at radius 3 is 2.31 bits per heavy atom. The monoisotopic (exact) mass is 522 g/mol. The fourth-order valence-electron chi connectivity index (χ4n) is 5.75. The summed E-state index contributed by atoms with van der Waals surface area (Å²) < 4.78 is 33.7. The molecule has 0 unspecified atom stereocenters. The molecule has 200 valence electrons. The molecule has 2 N–H and O–H groups in total. The van der Waals surface area contributed by atoms with Gasteiger partial charge in [0.25, 0.3) is 5.91 Å². The van der Waals surface area contributed by atoms with Gasteiger partial charge in [0.05, 0.1) is 11.2 Å². The number of rotatable bonds is 7. The highest BCUT2D eigenvalue weighted by Gasteiger charge is 2.47. The Morgan fingerprint density at radius 1 is 1.06 bits per heavy atom. The summed E-state index contributed by atoms with van der Waals surface area (Å²) >= 11 is 0. The van der Waals surface area contributed by atoms with Crippen LogP contribution >= 0.6 is 0 Å². The third-order valence-electron chi connectivity index (χ3n) is 8.21. The minimum absolute atomic E-state index is 0.136. The maximum absolute atomic E-state index is 13.4. The summed E-state index contributed by atoms with van der Waals surface area (Å²) in [7, 11) is -1.73. The summed E-state index contributed by atoms with van der Waals surface area (Å²) in [6.45, 7) is 2.49. The molecule has 1 aromatic carbocycles. The molecule has 0 radical (unpaired) electrons. The van der Waals surface area contributed by atoms with Crippen LogP contribution in [0.2, 0.25) is 0 Å². The molecule has 10 nitrogen and oxygen atoms in total. The van der Waals surface area contributed by atoms with Crippen LogP contribution in [0, 0.1) is 5.41 Å². The summed E-state index contributed by atoms with van der Waals surface area (Å²) in [6.07, 6.45) is 3.34. The number of piperidine rings is 2. The number of hydroxylamine groups is 1. The van der Waals surface area contributed by atoms with Gasteiger partial charge in [-0.25, -0.2) is 23.0 Å². The highest BCUT2D eigenvalue weighted by atomic mass is 32.2. The molecule has 1 atom stereocenters. The van der Waals surface area contributed by atoms with E-state index in [1.165, 1.54) is 14.8 Å². The minimum Gasteiger partial charge on any atom is -0.448 e. The van der Waals surface area contributed by atoms with Crippen molar-refractivity contribution in [3.63, 3.8) is 0 Å². The Hall–Kier alpha value is -2.21. The number of nitrogens with zero attached hydrogens (tertiary/aromatic N) is 3. The molecule has 0 aromatic heterocycles. The number of nitrogens with one attached hydrogen (secondary N) is 1. The van der Waals surface area contributed by atoms with Crippen LogP contribution in [-0.2, 0) is 19.6 Å². The van der Waals surface area contributed by atoms with Crippen LogP contribution in [0.3, 0.4) is 0 Å². The van der Waals surface area contributed by atoms with Gasteiger partial charge in [0.15, 0.2) is 0 Å². The first-order valence-corrected chi connectivity index (χ1v) is 14.4. The zero-order chi connectivity index (χ0) is 25.8. The van der Waals surface area contributed by atoms with Crippen molar-refractivity contribution in [2.75, 3.05) is 52.1 Å². The average molecular weight is 523 g/mol. The standard InChI is InChI=1S/C25H38N4O6S/c1-27-13-5-8-22(27)18-35-24(31)28-16-11-25(12-17-28,23(30)26-32)19-36(33,34)29-14-9-21(10-15-29)20-6-3-2-4-7-20/h2-4,6-7,21-22,32H,5,8-19H2,1H3,(H,26,30)/t22-/m0/s1. The highest BCUT2D eigenvalue weighted by molar-refractivity contribution is 7.89. The molecule has 3 aliphatic rings. The van der Waals surface area contributed by atoms with Gasteiger partial charge < -0.3 is 14.5 Å². The zero-order valence-electron chi connectivity index (χ0n) is 21.0. The summed E-state index contributed by atoms with van der Waals surface area (Å²) in [5.41, 5.74) is 1.59. The molecule has 3 saturated heterocycles. The summed E-state index contributed by atoms with van der Waals surface area (Å²) in [4.78, 5) is 29.0. The molecule has 4 rings (SSSR count). The Bertz CT molecular complexity index is 1000. The van der Waals surface area contributed by atoms with Crippen molar-refractivity contribution in [2.45, 2.75) is 50.5 Å². The molecular formula is C25H38N4O6S. The van der Waals surface area contributed by atoms with Crippen LogP contribution in [0.25, 0.3) is 0 Å². The lowest BCUT2D eigenvalue weighted by atomic mass is 9.79. The number of likely N-dealkylation sites (tertiary alicyclic amines) is 2. The van der Waals surface area contributed by atoms with Gasteiger partial charge in [0, 0.05) is 32.2 Å². The van der Waals surface area contributed by atoms with E-state index in [-0.39, 0.29) is 32.0 Å². The number of carbonyl (C=O) groups is 2. The smallest absolute Gasteiger partial charge is 0.409 e. The van der Waals surface area contributed by atoms with E-state index in [0.717, 1.165) is 32.2 Å². The molecular weight excluding hydrogens is 484 g/mol. The van der Waals surface area contributed by atoms with Gasteiger partial charge in [-0.05, 0) is 63.6 Å². The van der Waals surface area contributed by atoms with E-state index in [4.69, 9.17) is 4.74 Å². The SMILES string of the molecule is CN1CCC[C@H]1COC(=O)N1CCC(CS(=O)(=O)N2CCC(c3ccccc3)CC2)(C(=O)NO)CC1. The molecule has 0 spiro atoms. The van der Waals surface area contributed by atoms with E-state index in [2.05, 4.69) is 17.0 Å². The van der Waals surface area contributed by atoms with Gasteiger partial charge in [-0.3, -0.25) is 10.0 Å². The molecule has 0 saturated carbocycles. The molecule has 0 aliphatic carbocycles. The third kappa shape index (κ3) is 6.01. The van der Waals surface area contributed by atoms with E-state index < -0.39 is 33.2 Å². The van der Waals surface area contributed by atoms with Crippen LogP contribution < -0.4 is 5.48 Å². The predicted octanol–water partition coefficient (Wildman–Crippen LogP) is 2.01. The second-order valence-corrected chi connectivity index (χ2v) is 12.4. The molecule has 36 heavy (non-hydrogen) atoms. The molecule has 3 heterocycles. The summed E-state index contributed by atoms with van der Waals surface area (Å²) in [5, 5.41) is 9.41. The molecule has 1 aromatic rings. The first kappa shape index (κ1) is 26.8. The number of hydrogen-bond acceptors (Lipinski definition) is 7. The van der Waals surface area contributed by atoms with Crippen LogP contribution in [0.1, 0.15) is 50.0 Å². The number of sulfonamides is 1. The van der Waals surface area contributed by atoms with Gasteiger partial charge in [0.2, 0.25) is 10.0 Å². The number of benzene rings is 1. The van der Waals surface area contributed by atoms with Gasteiger partial charge in [-0.1, -0.05) is 30.3 Å². The minimum atomic E-state index is -3.75. The van der Waals surface area contributed by atoms with E-state index >= 15 is 0 Å². The quantitative estimate of drug-likeness (QED) is 0.415. The van der Waals surface area contributed by atoms with Gasteiger partial charge in [-0.2, -0.15) is 0 Å². The Balaban J connectivity index is 1.34. The maximum atomic E-state index is 13.4. The van der Waals surface area contributed by atoms with Crippen molar-refractivity contribution < 1.29 is 28.0 Å². The van der Waals surface area contributed by atoms with Crippen molar-refractivity contribution in [1.29, 1.82) is 0 Å². The number of carbonyl (C=O) groups excluding carboxylic acids is 2. The van der Waals surface area contributed by atoms with Gasteiger partial charge in [-0.15, -0.1) is 0 Å². The number of hydrogen-bond donors (Lipinski definition) is 2. The van der Waals surface area contributed by atoms with Crippen molar-refractivity contribution in [3.05, 3.63) is 35.9 Å². The molecule has 0 bridgehead atoms. The maximum Gasteiger partial charge on any atom is 0.409 e. The first-order chi connectivity index (χ1) is 17.2. The lowest BCUT2D eigenvalue weighted by Crippen LogP contribution is -2.54. The molecule has 3 fully saturated rings. The van der Waals surface area contributed by atoms with Crippen molar-refractivity contribution in [1.82, 2.24) is 19.6 Å². The lowest BCUT2D eigenvalue weighted by molar-refractivity contribution is -0.141. The van der Waals surface area contributed by atoms with E-state index in [0.29, 0.717) is 25.6 Å². The molecule has 3 aliphatic heterocycles. The van der Waals surface area contributed by atoms with Crippen molar-refractivity contribution >= 4 is 22.0 Å². The fourth-order valence-corrected chi connectivity index (χ4v) is 7.82. The second-order valence-electron chi connectivity index (χ2n) is 10.4. The normalized spacial score (nSPS) is 23.9. The summed E-state index contributed by atoms with van der Waals surface area (Å²) in [6, 6.07) is 10.3. The van der Waals surface area contributed by atoms with E-state index in [1.807, 2.05) is 25.2 Å². The summed E-state index contributed by atoms with van der Waals surface area (Å²) in [5.74, 6) is -0.797. The van der Waals surface area contributed by atoms with E-state index in [9.17, 15) is 23.2 Å². The van der Waals surface area contributed by atoms with E-state index in [1.54, 1.807) is 5.48 Å². The Labute approximate surface area is 213 Å². The second kappa shape index (κ2) is 11.5. The largest absolute Gasteiger partial charge is 0.448 e. The molecule has 2 amide bonds. The fraction of sp³-hybridized carbons (Fsp3) is 0.680. The zero-order valence-corrected chi connectivity index (χ0v) is 21.8. The topological polar surface area (TPSA) is 119 Å². The Kier molecular flexibility index (Phi) is 8.54. The van der Waals surface area contributed by atoms with Crippen molar-refractivity contribution in [3.8, 4) is 0 Å². The van der Waals surface area contributed by atoms with Crippen LogP contribution in [-0.4, -0.2) is 97.9 Å². The number of ether oxygens (including phenoxy) is 1. The third-order valence-corrected chi connectivity index (χ3v) is 10.3. The Morgan fingerprint density at radius 2 is 1.72 bits per heavy atom. The van der Waals surface area contributed by atoms with Gasteiger partial charge in [0.1, 0.15) is 6.61 Å². The van der Waals surface area contributed by atoms with Crippen LogP contribution in [0.15, 0.2) is 30.3 Å². The molecule has 11 heteroatoms. The van der Waals surface area contributed by atoms with Crippen LogP contribution in [0.5, 0.6) is 0 Å². The highest BCUT2D eigenvalue weighted by Crippen LogP contribution is 2.36. The number of likely N-dealkylation sites (N-methyl/N-ethyl adjacent to an activating group) is 1. The van der Waals surface area contributed by atoms with Crippen LogP contribution in [0.4, 0.5) is 4.79 Å². The average Bonchev–Trinajstić information content (AvgIpc) is 3.32. The predicted molar refractivity (Wildman–Crippen MR) is 134 cm³/mol. The van der Waals surface area contributed by atoms with Crippen molar-refractivity contribution in [2.24, 2.45) is 5.41 Å². The number of amides is 2. The first-order valence-electron chi connectivity index (χ1n) is 12.8. The lowest BCUT2D eigenvalue weighted by Gasteiger charge is -2.41. The van der Waals surface area contributed by atoms with Gasteiger partial charge >= 0.3 is 6.09 Å².